The molecular formula is C21H29BrO3. The molecule has 2 atom stereocenters. The lowest BCUT2D eigenvalue weighted by Gasteiger charge is -2.42. The van der Waals surface area contributed by atoms with E-state index >= 15 is 0 Å². The van der Waals surface area contributed by atoms with E-state index in [1.54, 1.807) is 6.08 Å². The van der Waals surface area contributed by atoms with Gasteiger partial charge in [0.1, 0.15) is 16.6 Å². The smallest absolute Gasteiger partial charge is 0.320 e. The highest BCUT2D eigenvalue weighted by Gasteiger charge is 2.48. The van der Waals surface area contributed by atoms with Gasteiger partial charge in [0.05, 0.1) is 0 Å². The first-order valence-electron chi connectivity index (χ1n) is 8.89. The lowest BCUT2D eigenvalue weighted by atomic mass is 9.65. The molecule has 0 fully saturated rings. The predicted octanol–water partition coefficient (Wildman–Crippen LogP) is 4.85. The molecule has 0 aliphatic heterocycles. The van der Waals surface area contributed by atoms with Gasteiger partial charge in [-0.3, -0.25) is 4.79 Å². The number of carbonyl (C=O) groups excluding carboxylic acids is 1. The minimum atomic E-state index is -1.07. The van der Waals surface area contributed by atoms with Crippen LogP contribution in [0.5, 0.6) is 0 Å². The Morgan fingerprint density at radius 3 is 2.32 bits per heavy atom. The zero-order chi connectivity index (χ0) is 18.9. The van der Waals surface area contributed by atoms with E-state index < -0.39 is 16.6 Å². The van der Waals surface area contributed by atoms with Gasteiger partial charge < -0.3 is 9.84 Å². The van der Waals surface area contributed by atoms with E-state index in [0.29, 0.717) is 6.42 Å². The van der Waals surface area contributed by atoms with Gasteiger partial charge in [-0.1, -0.05) is 66.2 Å². The minimum absolute atomic E-state index is 0.00212. The molecule has 0 bridgehead atoms. The molecule has 1 aliphatic carbocycles. The highest BCUT2D eigenvalue weighted by Crippen LogP contribution is 2.46. The number of alkyl halides is 1. The number of carbonyl (C=O) groups is 1. The van der Waals surface area contributed by atoms with Gasteiger partial charge in [-0.05, 0) is 50.7 Å². The summed E-state index contributed by atoms with van der Waals surface area (Å²) in [6, 6.07) is 7.71. The topological polar surface area (TPSA) is 46.5 Å². The number of rotatable bonds is 5. The van der Waals surface area contributed by atoms with E-state index in [4.69, 9.17) is 4.74 Å². The summed E-state index contributed by atoms with van der Waals surface area (Å²) in [6.45, 7) is 9.62. The first-order valence-corrected chi connectivity index (χ1v) is 10.0. The molecule has 2 unspecified atom stereocenters. The summed E-state index contributed by atoms with van der Waals surface area (Å²) in [5.74, 6) is -0.256. The van der Waals surface area contributed by atoms with Crippen molar-refractivity contribution in [2.75, 3.05) is 5.33 Å². The van der Waals surface area contributed by atoms with Crippen molar-refractivity contribution in [2.24, 2.45) is 5.92 Å². The molecule has 0 heterocycles. The van der Waals surface area contributed by atoms with Crippen molar-refractivity contribution in [1.82, 2.24) is 0 Å². The van der Waals surface area contributed by atoms with E-state index in [-0.39, 0.29) is 11.9 Å². The number of benzene rings is 1. The third kappa shape index (κ3) is 3.85. The van der Waals surface area contributed by atoms with Crippen LogP contribution in [0.1, 0.15) is 58.6 Å². The summed E-state index contributed by atoms with van der Waals surface area (Å²) in [5.41, 5.74) is -0.848. The predicted molar refractivity (Wildman–Crippen MR) is 105 cm³/mol. The molecule has 3 nitrogen and oxygen atoms in total. The molecule has 0 spiro atoms. The third-order valence-corrected chi connectivity index (χ3v) is 5.37. The van der Waals surface area contributed by atoms with E-state index in [0.717, 1.165) is 22.9 Å². The Hall–Kier alpha value is -1.13. The van der Waals surface area contributed by atoms with Crippen LogP contribution in [0.25, 0.3) is 0 Å². The molecule has 0 saturated heterocycles. The summed E-state index contributed by atoms with van der Waals surface area (Å²) in [5, 5.41) is 12.0. The standard InChI is InChI=1S/C21H29BrO3/c1-15(2)21(24)13-12-20(11-8-14-22,18(23)25-19(3,4)5)16-9-6-7-10-17(16)21/h6-7,9-10,12-13,15,24H,8,11,14H2,1-5H3. The average Bonchev–Trinajstić information content (AvgIpc) is 2.53. The summed E-state index contributed by atoms with van der Waals surface area (Å²) >= 11 is 3.47. The third-order valence-electron chi connectivity index (χ3n) is 4.81. The number of hydrogen-bond donors (Lipinski definition) is 1. The number of aliphatic hydroxyl groups is 1. The Bertz CT molecular complexity index is 659. The van der Waals surface area contributed by atoms with Crippen LogP contribution >= 0.6 is 15.9 Å². The summed E-state index contributed by atoms with van der Waals surface area (Å²) < 4.78 is 5.78. The lowest BCUT2D eigenvalue weighted by molar-refractivity contribution is -0.160. The lowest BCUT2D eigenvalue weighted by Crippen LogP contribution is -2.46. The quantitative estimate of drug-likeness (QED) is 0.430. The van der Waals surface area contributed by atoms with Crippen LogP contribution in [0.3, 0.4) is 0 Å². The van der Waals surface area contributed by atoms with Crippen LogP contribution in [0, 0.1) is 5.92 Å². The molecule has 0 aromatic heterocycles. The van der Waals surface area contributed by atoms with Gasteiger partial charge >= 0.3 is 5.97 Å². The largest absolute Gasteiger partial charge is 0.459 e. The summed E-state index contributed by atoms with van der Waals surface area (Å²) in [4.78, 5) is 13.2. The fourth-order valence-corrected chi connectivity index (χ4v) is 3.67. The Kier molecular flexibility index (Phi) is 5.85. The van der Waals surface area contributed by atoms with Crippen molar-refractivity contribution in [1.29, 1.82) is 0 Å². The van der Waals surface area contributed by atoms with E-state index in [1.165, 1.54) is 0 Å². The van der Waals surface area contributed by atoms with Gasteiger partial charge in [-0.2, -0.15) is 0 Å². The number of halogens is 1. The average molecular weight is 409 g/mol. The van der Waals surface area contributed by atoms with Crippen molar-refractivity contribution in [3.8, 4) is 0 Å². The first-order chi connectivity index (χ1) is 11.6. The first kappa shape index (κ1) is 20.2. The Labute approximate surface area is 159 Å². The Morgan fingerprint density at radius 1 is 1.20 bits per heavy atom. The molecule has 1 aromatic carbocycles. The molecule has 4 heteroatoms. The molecule has 138 valence electrons. The van der Waals surface area contributed by atoms with Crippen molar-refractivity contribution >= 4 is 21.9 Å². The zero-order valence-corrected chi connectivity index (χ0v) is 17.4. The summed E-state index contributed by atoms with van der Waals surface area (Å²) in [7, 11) is 0. The monoisotopic (exact) mass is 408 g/mol. The summed E-state index contributed by atoms with van der Waals surface area (Å²) in [6.07, 6.45) is 5.12. The number of hydrogen-bond acceptors (Lipinski definition) is 3. The fraction of sp³-hybridized carbons (Fsp3) is 0.571. The van der Waals surface area contributed by atoms with E-state index in [2.05, 4.69) is 15.9 Å². The van der Waals surface area contributed by atoms with Crippen LogP contribution < -0.4 is 0 Å². The van der Waals surface area contributed by atoms with E-state index in [9.17, 15) is 9.90 Å². The van der Waals surface area contributed by atoms with Crippen molar-refractivity contribution in [3.05, 3.63) is 47.5 Å². The number of fused-ring (bicyclic) bond motifs is 1. The fourth-order valence-electron chi connectivity index (χ4n) is 3.39. The molecule has 0 saturated carbocycles. The SMILES string of the molecule is CC(C)C1(O)C=CC(CCCBr)(C(=O)OC(C)(C)C)c2ccccc21. The second kappa shape index (κ2) is 7.24. The zero-order valence-electron chi connectivity index (χ0n) is 15.8. The van der Waals surface area contributed by atoms with Crippen LogP contribution in [0.4, 0.5) is 0 Å². The minimum Gasteiger partial charge on any atom is -0.459 e. The normalized spacial score (nSPS) is 25.8. The molecule has 25 heavy (non-hydrogen) atoms. The van der Waals surface area contributed by atoms with E-state index in [1.807, 2.05) is 65.0 Å². The molecular weight excluding hydrogens is 380 g/mol. The second-order valence-corrected chi connectivity index (χ2v) is 8.92. The Balaban J connectivity index is 2.63. The molecule has 1 aliphatic rings. The maximum atomic E-state index is 13.2. The van der Waals surface area contributed by atoms with Crippen molar-refractivity contribution < 1.29 is 14.6 Å². The molecule has 0 radical (unpaired) electrons. The van der Waals surface area contributed by atoms with Gasteiger partial charge in [-0.25, -0.2) is 0 Å². The molecule has 0 amide bonds. The van der Waals surface area contributed by atoms with Gasteiger partial charge in [-0.15, -0.1) is 0 Å². The Morgan fingerprint density at radius 2 is 1.80 bits per heavy atom. The number of ether oxygens (including phenoxy) is 1. The maximum absolute atomic E-state index is 13.2. The highest BCUT2D eigenvalue weighted by molar-refractivity contribution is 9.09. The molecule has 1 aromatic rings. The van der Waals surface area contributed by atoms with Gasteiger partial charge in [0, 0.05) is 5.33 Å². The van der Waals surface area contributed by atoms with Crippen molar-refractivity contribution in [3.63, 3.8) is 0 Å². The van der Waals surface area contributed by atoms with Gasteiger partial charge in [0.2, 0.25) is 0 Å². The maximum Gasteiger partial charge on any atom is 0.320 e. The van der Waals surface area contributed by atoms with Gasteiger partial charge in [0.15, 0.2) is 0 Å². The molecule has 1 N–H and O–H groups in total. The molecule has 2 rings (SSSR count). The van der Waals surface area contributed by atoms with Crippen molar-refractivity contribution in [2.45, 2.75) is 64.1 Å². The second-order valence-electron chi connectivity index (χ2n) is 8.12. The van der Waals surface area contributed by atoms with Crippen LogP contribution in [0.15, 0.2) is 36.4 Å². The number of esters is 1. The van der Waals surface area contributed by atoms with Crippen LogP contribution in [0.2, 0.25) is 0 Å². The van der Waals surface area contributed by atoms with Gasteiger partial charge in [0.25, 0.3) is 0 Å². The van der Waals surface area contributed by atoms with Crippen LogP contribution in [-0.2, 0) is 20.5 Å². The highest BCUT2D eigenvalue weighted by atomic mass is 79.9. The van der Waals surface area contributed by atoms with Crippen LogP contribution in [-0.4, -0.2) is 22.0 Å².